The van der Waals surface area contributed by atoms with Crippen molar-refractivity contribution in [2.45, 2.75) is 18.8 Å². The van der Waals surface area contributed by atoms with E-state index in [2.05, 4.69) is 12.2 Å². The van der Waals surface area contributed by atoms with E-state index in [9.17, 15) is 4.39 Å². The van der Waals surface area contributed by atoms with E-state index >= 15 is 0 Å². The number of hydrogen-bond donors (Lipinski definition) is 1. The topological polar surface area (TPSA) is 12.0 Å². The zero-order valence-corrected chi connectivity index (χ0v) is 10.8. The minimum Gasteiger partial charge on any atom is -0.319 e. The highest BCUT2D eigenvalue weighted by Crippen LogP contribution is 2.55. The quantitative estimate of drug-likeness (QED) is 0.820. The number of halogens is 3. The molecule has 1 aromatic carbocycles. The van der Waals surface area contributed by atoms with Crippen LogP contribution in [0.3, 0.4) is 0 Å². The van der Waals surface area contributed by atoms with Gasteiger partial charge in [0, 0.05) is 5.02 Å². The summed E-state index contributed by atoms with van der Waals surface area (Å²) in [6.07, 6.45) is 1.04. The average Bonchev–Trinajstić information content (AvgIpc) is 2.85. The van der Waals surface area contributed by atoms with Crippen molar-refractivity contribution in [1.29, 1.82) is 0 Å². The molecule has 0 spiro atoms. The van der Waals surface area contributed by atoms with E-state index in [4.69, 9.17) is 23.2 Å². The van der Waals surface area contributed by atoms with Gasteiger partial charge >= 0.3 is 0 Å². The summed E-state index contributed by atoms with van der Waals surface area (Å²) in [4.78, 5) is 0. The highest BCUT2D eigenvalue weighted by molar-refractivity contribution is 6.35. The zero-order valence-electron chi connectivity index (χ0n) is 9.28. The fourth-order valence-electron chi connectivity index (χ4n) is 2.29. The standard InChI is InChI=1S/C12H14Cl2FN/c1-12(5-7(12)6-16-2)8-3-11(15)10(14)4-9(8)13/h3-4,7,16H,5-6H2,1-2H3. The lowest BCUT2D eigenvalue weighted by Crippen LogP contribution is -2.16. The Morgan fingerprint density at radius 3 is 2.75 bits per heavy atom. The van der Waals surface area contributed by atoms with Gasteiger partial charge in [-0.3, -0.25) is 0 Å². The molecule has 1 nitrogen and oxygen atoms in total. The Kier molecular flexibility index (Phi) is 3.17. The van der Waals surface area contributed by atoms with Crippen LogP contribution in [0.25, 0.3) is 0 Å². The van der Waals surface area contributed by atoms with Gasteiger partial charge in [-0.25, -0.2) is 4.39 Å². The van der Waals surface area contributed by atoms with Crippen LogP contribution in [-0.2, 0) is 5.41 Å². The summed E-state index contributed by atoms with van der Waals surface area (Å²) < 4.78 is 13.4. The van der Waals surface area contributed by atoms with Crippen LogP contribution in [0.2, 0.25) is 10.0 Å². The van der Waals surface area contributed by atoms with Crippen molar-refractivity contribution in [2.75, 3.05) is 13.6 Å². The summed E-state index contributed by atoms with van der Waals surface area (Å²) in [6, 6.07) is 2.97. The highest BCUT2D eigenvalue weighted by Gasteiger charge is 2.51. The van der Waals surface area contributed by atoms with E-state index in [-0.39, 0.29) is 10.4 Å². The monoisotopic (exact) mass is 261 g/mol. The summed E-state index contributed by atoms with van der Waals surface area (Å²) in [5, 5.41) is 3.79. The zero-order chi connectivity index (χ0) is 11.9. The molecular formula is C12H14Cl2FN. The second-order valence-electron chi connectivity index (χ2n) is 4.62. The Balaban J connectivity index is 2.32. The molecule has 0 radical (unpaired) electrons. The van der Waals surface area contributed by atoms with E-state index in [1.807, 2.05) is 7.05 Å². The second-order valence-corrected chi connectivity index (χ2v) is 5.44. The van der Waals surface area contributed by atoms with Gasteiger partial charge in [-0.05, 0) is 49.0 Å². The van der Waals surface area contributed by atoms with Crippen LogP contribution in [-0.4, -0.2) is 13.6 Å². The molecule has 1 aliphatic carbocycles. The third kappa shape index (κ3) is 1.94. The summed E-state index contributed by atoms with van der Waals surface area (Å²) in [5.74, 6) is 0.132. The molecule has 0 heterocycles. The summed E-state index contributed by atoms with van der Waals surface area (Å²) in [5.41, 5.74) is 0.863. The molecule has 2 rings (SSSR count). The van der Waals surface area contributed by atoms with Crippen LogP contribution in [0.4, 0.5) is 4.39 Å². The SMILES string of the molecule is CNCC1CC1(C)c1cc(F)c(Cl)cc1Cl. The van der Waals surface area contributed by atoms with Gasteiger partial charge in [-0.2, -0.15) is 0 Å². The van der Waals surface area contributed by atoms with Crippen LogP contribution < -0.4 is 5.32 Å². The molecule has 2 atom stereocenters. The van der Waals surface area contributed by atoms with Gasteiger partial charge in [0.25, 0.3) is 0 Å². The summed E-state index contributed by atoms with van der Waals surface area (Å²) in [6.45, 7) is 3.04. The molecular weight excluding hydrogens is 248 g/mol. The first kappa shape index (κ1) is 12.2. The lowest BCUT2D eigenvalue weighted by atomic mass is 9.95. The Bertz CT molecular complexity index is 422. The van der Waals surface area contributed by atoms with Gasteiger partial charge in [0.2, 0.25) is 0 Å². The first-order valence-electron chi connectivity index (χ1n) is 5.28. The van der Waals surface area contributed by atoms with Gasteiger partial charge < -0.3 is 5.32 Å². The fourth-order valence-corrected chi connectivity index (χ4v) is 2.89. The first-order chi connectivity index (χ1) is 7.49. The Morgan fingerprint density at radius 1 is 1.44 bits per heavy atom. The predicted molar refractivity (Wildman–Crippen MR) is 65.8 cm³/mol. The molecule has 1 N–H and O–H groups in total. The third-order valence-electron chi connectivity index (χ3n) is 3.49. The van der Waals surface area contributed by atoms with E-state index in [1.165, 1.54) is 12.1 Å². The number of benzene rings is 1. The van der Waals surface area contributed by atoms with Gasteiger partial charge in [-0.1, -0.05) is 30.1 Å². The number of nitrogens with one attached hydrogen (secondary N) is 1. The van der Waals surface area contributed by atoms with Crippen LogP contribution in [0.15, 0.2) is 12.1 Å². The molecule has 16 heavy (non-hydrogen) atoms. The molecule has 1 fully saturated rings. The third-order valence-corrected chi connectivity index (χ3v) is 4.09. The van der Waals surface area contributed by atoms with Crippen molar-refractivity contribution in [2.24, 2.45) is 5.92 Å². The highest BCUT2D eigenvalue weighted by atomic mass is 35.5. The van der Waals surface area contributed by atoms with Gasteiger partial charge in [0.05, 0.1) is 5.02 Å². The van der Waals surface area contributed by atoms with Crippen LogP contribution >= 0.6 is 23.2 Å². The van der Waals surface area contributed by atoms with Crippen molar-refractivity contribution in [3.63, 3.8) is 0 Å². The van der Waals surface area contributed by atoms with E-state index in [1.54, 1.807) is 0 Å². The second kappa shape index (κ2) is 4.17. The van der Waals surface area contributed by atoms with Crippen molar-refractivity contribution in [1.82, 2.24) is 5.32 Å². The molecule has 1 aliphatic rings. The van der Waals surface area contributed by atoms with E-state index in [0.717, 1.165) is 18.5 Å². The molecule has 0 bridgehead atoms. The molecule has 0 saturated heterocycles. The molecule has 0 amide bonds. The molecule has 88 valence electrons. The Labute approximate surface area is 105 Å². The average molecular weight is 262 g/mol. The van der Waals surface area contributed by atoms with Gasteiger partial charge in [-0.15, -0.1) is 0 Å². The molecule has 0 aliphatic heterocycles. The van der Waals surface area contributed by atoms with Crippen LogP contribution in [0, 0.1) is 11.7 Å². The Morgan fingerprint density at radius 2 is 2.12 bits per heavy atom. The molecule has 0 aromatic heterocycles. The minimum atomic E-state index is -0.391. The maximum atomic E-state index is 13.4. The maximum Gasteiger partial charge on any atom is 0.142 e. The lowest BCUT2D eigenvalue weighted by molar-refractivity contribution is 0.598. The van der Waals surface area contributed by atoms with Gasteiger partial charge in [0.15, 0.2) is 0 Å². The fraction of sp³-hybridized carbons (Fsp3) is 0.500. The van der Waals surface area contributed by atoms with Crippen LogP contribution in [0.5, 0.6) is 0 Å². The van der Waals surface area contributed by atoms with Crippen LogP contribution in [0.1, 0.15) is 18.9 Å². The smallest absolute Gasteiger partial charge is 0.142 e. The maximum absolute atomic E-state index is 13.4. The normalized spacial score (nSPS) is 28.2. The summed E-state index contributed by atoms with van der Waals surface area (Å²) >= 11 is 11.8. The molecule has 2 unspecified atom stereocenters. The van der Waals surface area contributed by atoms with Crippen molar-refractivity contribution >= 4 is 23.2 Å². The van der Waals surface area contributed by atoms with Crippen molar-refractivity contribution in [3.8, 4) is 0 Å². The lowest BCUT2D eigenvalue weighted by Gasteiger charge is -2.14. The van der Waals surface area contributed by atoms with Crippen molar-refractivity contribution < 1.29 is 4.39 Å². The molecule has 4 heteroatoms. The van der Waals surface area contributed by atoms with E-state index in [0.29, 0.717) is 10.9 Å². The molecule has 1 saturated carbocycles. The Hall–Kier alpha value is -0.310. The largest absolute Gasteiger partial charge is 0.319 e. The first-order valence-corrected chi connectivity index (χ1v) is 6.04. The van der Waals surface area contributed by atoms with E-state index < -0.39 is 5.82 Å². The minimum absolute atomic E-state index is 0.00841. The predicted octanol–water partition coefficient (Wildman–Crippen LogP) is 3.63. The van der Waals surface area contributed by atoms with Gasteiger partial charge in [0.1, 0.15) is 5.82 Å². The van der Waals surface area contributed by atoms with Crippen molar-refractivity contribution in [3.05, 3.63) is 33.6 Å². The number of hydrogen-bond acceptors (Lipinski definition) is 1. The number of rotatable bonds is 3. The molecule has 1 aromatic rings. The summed E-state index contributed by atoms with van der Waals surface area (Å²) in [7, 11) is 1.92.